The summed E-state index contributed by atoms with van der Waals surface area (Å²) in [5, 5.41) is 15.0. The van der Waals surface area contributed by atoms with Gasteiger partial charge in [-0.1, -0.05) is 35.9 Å². The van der Waals surface area contributed by atoms with Gasteiger partial charge in [-0.15, -0.1) is 0 Å². The molecule has 0 saturated heterocycles. The third-order valence-corrected chi connectivity index (χ3v) is 4.42. The average Bonchev–Trinajstić information content (AvgIpc) is 2.73. The fraction of sp³-hybridized carbons (Fsp3) is 0.0455. The van der Waals surface area contributed by atoms with E-state index in [1.54, 1.807) is 54.6 Å². The predicted molar refractivity (Wildman–Crippen MR) is 108 cm³/mol. The van der Waals surface area contributed by atoms with Gasteiger partial charge in [0.1, 0.15) is 0 Å². The van der Waals surface area contributed by atoms with Crippen molar-refractivity contribution in [1.82, 2.24) is 5.32 Å². The number of nitrogens with one attached hydrogen (secondary N) is 2. The lowest BCUT2D eigenvalue weighted by Crippen LogP contribution is -2.23. The molecule has 0 aromatic heterocycles. The highest BCUT2D eigenvalue weighted by Crippen LogP contribution is 2.15. The minimum Gasteiger partial charge on any atom is -0.348 e. The number of hydrogen-bond donors (Lipinski definition) is 2. The van der Waals surface area contributed by atoms with Crippen LogP contribution < -0.4 is 10.6 Å². The van der Waals surface area contributed by atoms with Crippen molar-refractivity contribution < 1.29 is 9.59 Å². The highest BCUT2D eigenvalue weighted by atomic mass is 35.5. The van der Waals surface area contributed by atoms with E-state index in [0.29, 0.717) is 33.9 Å². The number of rotatable bonds is 5. The summed E-state index contributed by atoms with van der Waals surface area (Å²) in [6, 6.07) is 22.3. The van der Waals surface area contributed by atoms with Crippen LogP contribution in [0.3, 0.4) is 0 Å². The van der Waals surface area contributed by atoms with E-state index in [0.717, 1.165) is 5.56 Å². The number of hydrogen-bond acceptors (Lipinski definition) is 3. The molecule has 0 fully saturated rings. The first kappa shape index (κ1) is 19.2. The predicted octanol–water partition coefficient (Wildman–Crippen LogP) is 4.39. The highest BCUT2D eigenvalue weighted by molar-refractivity contribution is 6.31. The van der Waals surface area contributed by atoms with Crippen LogP contribution in [0.5, 0.6) is 0 Å². The van der Waals surface area contributed by atoms with Gasteiger partial charge in [-0.2, -0.15) is 5.26 Å². The maximum absolute atomic E-state index is 12.3. The summed E-state index contributed by atoms with van der Waals surface area (Å²) in [5.41, 5.74) is 2.67. The molecule has 2 N–H and O–H groups in total. The normalized spacial score (nSPS) is 10.0. The third-order valence-electron chi connectivity index (χ3n) is 4.06. The van der Waals surface area contributed by atoms with E-state index in [1.807, 2.05) is 24.3 Å². The quantitative estimate of drug-likeness (QED) is 0.678. The molecule has 0 bridgehead atoms. The molecule has 3 rings (SSSR count). The Morgan fingerprint density at radius 2 is 1.57 bits per heavy atom. The summed E-state index contributed by atoms with van der Waals surface area (Å²) in [4.78, 5) is 24.6. The first-order chi connectivity index (χ1) is 13.6. The molecule has 2 amide bonds. The van der Waals surface area contributed by atoms with Gasteiger partial charge in [0.25, 0.3) is 11.8 Å². The second-order valence-electron chi connectivity index (χ2n) is 6.00. The topological polar surface area (TPSA) is 82.0 Å². The molecule has 0 aliphatic heterocycles. The van der Waals surface area contributed by atoms with E-state index < -0.39 is 0 Å². The Labute approximate surface area is 167 Å². The maximum atomic E-state index is 12.3. The number of nitrogens with zero attached hydrogens (tertiary/aromatic N) is 1. The van der Waals surface area contributed by atoms with Crippen molar-refractivity contribution in [3.63, 3.8) is 0 Å². The summed E-state index contributed by atoms with van der Waals surface area (Å²) in [5.74, 6) is -0.577. The van der Waals surface area contributed by atoms with Crippen LogP contribution in [0.2, 0.25) is 5.02 Å². The second-order valence-corrected chi connectivity index (χ2v) is 6.41. The average molecular weight is 390 g/mol. The summed E-state index contributed by atoms with van der Waals surface area (Å²) >= 11 is 6.08. The zero-order valence-corrected chi connectivity index (χ0v) is 15.5. The fourth-order valence-corrected chi connectivity index (χ4v) is 2.76. The van der Waals surface area contributed by atoms with Gasteiger partial charge < -0.3 is 10.6 Å². The van der Waals surface area contributed by atoms with Gasteiger partial charge >= 0.3 is 0 Å². The molecule has 3 aromatic rings. The van der Waals surface area contributed by atoms with Crippen molar-refractivity contribution in [2.75, 3.05) is 5.32 Å². The Kier molecular flexibility index (Phi) is 6.05. The van der Waals surface area contributed by atoms with E-state index in [-0.39, 0.29) is 11.8 Å². The maximum Gasteiger partial charge on any atom is 0.255 e. The molecule has 28 heavy (non-hydrogen) atoms. The molecule has 0 saturated carbocycles. The molecule has 0 aliphatic rings. The van der Waals surface area contributed by atoms with Crippen molar-refractivity contribution in [3.8, 4) is 6.07 Å². The number of amides is 2. The number of halogens is 1. The first-order valence-corrected chi connectivity index (χ1v) is 8.88. The molecule has 0 spiro atoms. The molecule has 3 aromatic carbocycles. The van der Waals surface area contributed by atoms with Crippen molar-refractivity contribution in [1.29, 1.82) is 5.26 Å². The molecule has 0 radical (unpaired) electrons. The van der Waals surface area contributed by atoms with E-state index in [4.69, 9.17) is 16.9 Å². The van der Waals surface area contributed by atoms with Crippen LogP contribution in [0.1, 0.15) is 31.8 Å². The van der Waals surface area contributed by atoms with Gasteiger partial charge in [0.15, 0.2) is 0 Å². The van der Waals surface area contributed by atoms with Crippen LogP contribution in [0.4, 0.5) is 5.69 Å². The molecular weight excluding hydrogens is 374 g/mol. The Balaban J connectivity index is 1.62. The summed E-state index contributed by atoms with van der Waals surface area (Å²) < 4.78 is 0. The molecule has 6 heteroatoms. The third kappa shape index (κ3) is 4.76. The summed E-state index contributed by atoms with van der Waals surface area (Å²) in [6.07, 6.45) is 0. The SMILES string of the molecule is N#Cc1cccc(NC(=O)c2ccc(C(=O)NCc3ccccc3Cl)cc2)c1. The van der Waals surface area contributed by atoms with Gasteiger partial charge in [0, 0.05) is 28.4 Å². The molecule has 0 aliphatic carbocycles. The van der Waals surface area contributed by atoms with Crippen LogP contribution in [0.15, 0.2) is 72.8 Å². The number of benzene rings is 3. The van der Waals surface area contributed by atoms with Crippen molar-refractivity contribution >= 4 is 29.1 Å². The van der Waals surface area contributed by atoms with Gasteiger partial charge in [0.2, 0.25) is 0 Å². The number of carbonyl (C=O) groups is 2. The van der Waals surface area contributed by atoms with Crippen molar-refractivity contribution in [2.45, 2.75) is 6.54 Å². The molecule has 0 unspecified atom stereocenters. The molecule has 138 valence electrons. The Bertz CT molecular complexity index is 1060. The zero-order chi connectivity index (χ0) is 19.9. The van der Waals surface area contributed by atoms with E-state index in [2.05, 4.69) is 10.6 Å². The second kappa shape index (κ2) is 8.85. The van der Waals surface area contributed by atoms with Gasteiger partial charge in [-0.25, -0.2) is 0 Å². The summed E-state index contributed by atoms with van der Waals surface area (Å²) in [7, 11) is 0. The first-order valence-electron chi connectivity index (χ1n) is 8.50. The van der Waals surface area contributed by atoms with Gasteiger partial charge in [-0.05, 0) is 54.1 Å². The number of carbonyl (C=O) groups excluding carboxylic acids is 2. The lowest BCUT2D eigenvalue weighted by molar-refractivity contribution is 0.0949. The smallest absolute Gasteiger partial charge is 0.255 e. The van der Waals surface area contributed by atoms with E-state index in [9.17, 15) is 9.59 Å². The van der Waals surface area contributed by atoms with Crippen molar-refractivity contribution in [3.05, 3.63) is 100 Å². The van der Waals surface area contributed by atoms with Crippen LogP contribution in [0.25, 0.3) is 0 Å². The number of nitriles is 1. The molecule has 0 atom stereocenters. The van der Waals surface area contributed by atoms with Gasteiger partial charge in [0.05, 0.1) is 11.6 Å². The Morgan fingerprint density at radius 3 is 2.25 bits per heavy atom. The standard InChI is InChI=1S/C22H16ClN3O2/c23-20-7-2-1-5-18(20)14-25-21(27)16-8-10-17(11-9-16)22(28)26-19-6-3-4-15(12-19)13-24/h1-12H,14H2,(H,25,27)(H,26,28). The van der Waals surface area contributed by atoms with Crippen LogP contribution >= 0.6 is 11.6 Å². The molecule has 0 heterocycles. The minimum absolute atomic E-state index is 0.256. The van der Waals surface area contributed by atoms with Crippen LogP contribution in [-0.2, 0) is 6.54 Å². The molecular formula is C22H16ClN3O2. The highest BCUT2D eigenvalue weighted by Gasteiger charge is 2.10. The number of anilines is 1. The van der Waals surface area contributed by atoms with Crippen LogP contribution in [-0.4, -0.2) is 11.8 Å². The molecule has 5 nitrogen and oxygen atoms in total. The van der Waals surface area contributed by atoms with Crippen LogP contribution in [0, 0.1) is 11.3 Å². The largest absolute Gasteiger partial charge is 0.348 e. The van der Waals surface area contributed by atoms with E-state index >= 15 is 0 Å². The fourth-order valence-electron chi connectivity index (χ4n) is 2.56. The lowest BCUT2D eigenvalue weighted by atomic mass is 10.1. The van der Waals surface area contributed by atoms with E-state index in [1.165, 1.54) is 0 Å². The Morgan fingerprint density at radius 1 is 0.893 bits per heavy atom. The minimum atomic E-state index is -0.321. The zero-order valence-electron chi connectivity index (χ0n) is 14.8. The monoisotopic (exact) mass is 389 g/mol. The van der Waals surface area contributed by atoms with Gasteiger partial charge in [-0.3, -0.25) is 9.59 Å². The lowest BCUT2D eigenvalue weighted by Gasteiger charge is -2.08. The Hall–Kier alpha value is -3.62. The van der Waals surface area contributed by atoms with Crippen molar-refractivity contribution in [2.24, 2.45) is 0 Å². The summed E-state index contributed by atoms with van der Waals surface area (Å²) in [6.45, 7) is 0.315.